The topological polar surface area (TPSA) is 71.5 Å². The second-order valence-electron chi connectivity index (χ2n) is 8.08. The molecule has 1 aromatic carbocycles. The molecule has 0 atom stereocenters. The fourth-order valence-corrected chi connectivity index (χ4v) is 4.55. The highest BCUT2D eigenvalue weighted by molar-refractivity contribution is 7.15. The molecular formula is C22H27N3O3S. The third-order valence-corrected chi connectivity index (χ3v) is 6.70. The molecule has 0 radical (unpaired) electrons. The molecule has 2 amide bonds. The predicted octanol–water partition coefficient (Wildman–Crippen LogP) is 3.97. The molecule has 2 heterocycles. The minimum absolute atomic E-state index is 0.0282. The van der Waals surface area contributed by atoms with Crippen molar-refractivity contribution in [2.75, 3.05) is 18.5 Å². The van der Waals surface area contributed by atoms with Gasteiger partial charge in [0.05, 0.1) is 12.2 Å². The Balaban J connectivity index is 1.30. The molecule has 0 saturated heterocycles. The third-order valence-electron chi connectivity index (χ3n) is 5.70. The van der Waals surface area contributed by atoms with Gasteiger partial charge in [-0.05, 0) is 36.5 Å². The first-order valence-corrected chi connectivity index (χ1v) is 11.1. The van der Waals surface area contributed by atoms with Gasteiger partial charge in [-0.2, -0.15) is 0 Å². The molecule has 1 fully saturated rings. The molecule has 2 aromatic rings. The van der Waals surface area contributed by atoms with Crippen molar-refractivity contribution >= 4 is 28.3 Å². The summed E-state index contributed by atoms with van der Waals surface area (Å²) in [6.45, 7) is 5.48. The highest BCUT2D eigenvalue weighted by Gasteiger charge is 2.28. The highest BCUT2D eigenvalue weighted by atomic mass is 32.1. The van der Waals surface area contributed by atoms with Gasteiger partial charge in [0.2, 0.25) is 5.91 Å². The van der Waals surface area contributed by atoms with Gasteiger partial charge in [0.25, 0.3) is 5.91 Å². The summed E-state index contributed by atoms with van der Waals surface area (Å²) >= 11 is 1.48. The Labute approximate surface area is 175 Å². The number of carbonyl (C=O) groups is 2. The van der Waals surface area contributed by atoms with E-state index >= 15 is 0 Å². The van der Waals surface area contributed by atoms with Crippen LogP contribution in [0.15, 0.2) is 24.3 Å². The second-order valence-corrected chi connectivity index (χ2v) is 9.17. The largest absolute Gasteiger partial charge is 0.484 e. The average Bonchev–Trinajstić information content (AvgIpc) is 3.06. The Bertz CT molecular complexity index is 887. The van der Waals surface area contributed by atoms with Crippen molar-refractivity contribution in [3.05, 3.63) is 40.4 Å². The van der Waals surface area contributed by atoms with Crippen molar-refractivity contribution in [2.24, 2.45) is 5.92 Å². The standard InChI is InChI=1S/C22H27N3O3S/c1-14(2)15-6-8-17(9-7-15)28-13-20(26)25-11-10-18-19(12-25)29-22(23-18)24-21(27)16-4-3-5-16/h6-9,14,16H,3-5,10-13H2,1-2H3,(H,23,24,27). The monoisotopic (exact) mass is 413 g/mol. The number of nitrogens with one attached hydrogen (secondary N) is 1. The fourth-order valence-electron chi connectivity index (χ4n) is 3.53. The second kappa shape index (κ2) is 8.53. The van der Waals surface area contributed by atoms with E-state index in [0.717, 1.165) is 29.8 Å². The van der Waals surface area contributed by atoms with E-state index in [2.05, 4.69) is 24.1 Å². The molecule has 0 spiro atoms. The Morgan fingerprint density at radius 1 is 1.28 bits per heavy atom. The van der Waals surface area contributed by atoms with E-state index < -0.39 is 0 Å². The minimum Gasteiger partial charge on any atom is -0.484 e. The van der Waals surface area contributed by atoms with Crippen LogP contribution in [0.5, 0.6) is 5.75 Å². The lowest BCUT2D eigenvalue weighted by Gasteiger charge is -2.26. The van der Waals surface area contributed by atoms with Crippen molar-refractivity contribution in [1.29, 1.82) is 0 Å². The maximum absolute atomic E-state index is 12.6. The van der Waals surface area contributed by atoms with Crippen LogP contribution >= 0.6 is 11.3 Å². The summed E-state index contributed by atoms with van der Waals surface area (Å²) in [5.41, 5.74) is 2.24. The molecule has 1 aliphatic carbocycles. The molecule has 4 rings (SSSR count). The highest BCUT2D eigenvalue weighted by Crippen LogP contribution is 2.31. The van der Waals surface area contributed by atoms with Crippen molar-refractivity contribution in [3.8, 4) is 5.75 Å². The number of carbonyl (C=O) groups excluding carboxylic acids is 2. The number of thiazole rings is 1. The van der Waals surface area contributed by atoms with Gasteiger partial charge < -0.3 is 15.0 Å². The molecule has 1 aliphatic heterocycles. The first-order chi connectivity index (χ1) is 14.0. The molecule has 0 unspecified atom stereocenters. The van der Waals surface area contributed by atoms with E-state index in [0.29, 0.717) is 36.3 Å². The van der Waals surface area contributed by atoms with E-state index in [4.69, 9.17) is 4.74 Å². The van der Waals surface area contributed by atoms with Gasteiger partial charge in [-0.15, -0.1) is 0 Å². The summed E-state index contributed by atoms with van der Waals surface area (Å²) in [6.07, 6.45) is 3.78. The molecule has 0 bridgehead atoms. The van der Waals surface area contributed by atoms with E-state index in [-0.39, 0.29) is 24.3 Å². The Kier molecular flexibility index (Phi) is 5.85. The van der Waals surface area contributed by atoms with Gasteiger partial charge in [-0.1, -0.05) is 43.7 Å². The number of aromatic nitrogens is 1. The molecule has 154 valence electrons. The third kappa shape index (κ3) is 4.61. The summed E-state index contributed by atoms with van der Waals surface area (Å²) in [7, 11) is 0. The zero-order valence-corrected chi connectivity index (χ0v) is 17.8. The zero-order chi connectivity index (χ0) is 20.4. The van der Waals surface area contributed by atoms with Gasteiger partial charge >= 0.3 is 0 Å². The maximum atomic E-state index is 12.6. The number of hydrogen-bond donors (Lipinski definition) is 1. The van der Waals surface area contributed by atoms with Crippen LogP contribution in [0, 0.1) is 5.92 Å². The average molecular weight is 414 g/mol. The van der Waals surface area contributed by atoms with Gasteiger partial charge in [-0.25, -0.2) is 4.98 Å². The van der Waals surface area contributed by atoms with Crippen LogP contribution in [0.4, 0.5) is 5.13 Å². The summed E-state index contributed by atoms with van der Waals surface area (Å²) in [6, 6.07) is 7.90. The Hall–Kier alpha value is -2.41. The lowest BCUT2D eigenvalue weighted by atomic mass is 9.85. The smallest absolute Gasteiger partial charge is 0.260 e. The summed E-state index contributed by atoms with van der Waals surface area (Å²) in [5, 5.41) is 3.60. The van der Waals surface area contributed by atoms with E-state index in [9.17, 15) is 9.59 Å². The SMILES string of the molecule is CC(C)c1ccc(OCC(=O)N2CCc3nc(NC(=O)C4CCC4)sc3C2)cc1. The molecule has 1 N–H and O–H groups in total. The van der Waals surface area contributed by atoms with Crippen LogP contribution in [0.25, 0.3) is 0 Å². The maximum Gasteiger partial charge on any atom is 0.260 e. The van der Waals surface area contributed by atoms with E-state index in [1.165, 1.54) is 16.9 Å². The zero-order valence-electron chi connectivity index (χ0n) is 16.9. The molecule has 1 aromatic heterocycles. The molecule has 7 heteroatoms. The quantitative estimate of drug-likeness (QED) is 0.778. The molecular weight excluding hydrogens is 386 g/mol. The van der Waals surface area contributed by atoms with Crippen LogP contribution in [-0.2, 0) is 22.6 Å². The number of nitrogens with zero attached hydrogens (tertiary/aromatic N) is 2. The molecule has 1 saturated carbocycles. The summed E-state index contributed by atoms with van der Waals surface area (Å²) in [4.78, 5) is 32.1. The predicted molar refractivity (Wildman–Crippen MR) is 113 cm³/mol. The van der Waals surface area contributed by atoms with Crippen molar-refractivity contribution in [1.82, 2.24) is 9.88 Å². The van der Waals surface area contributed by atoms with Crippen LogP contribution in [0.3, 0.4) is 0 Å². The normalized spacial score (nSPS) is 16.3. The van der Waals surface area contributed by atoms with Crippen molar-refractivity contribution < 1.29 is 14.3 Å². The molecule has 29 heavy (non-hydrogen) atoms. The Morgan fingerprint density at radius 2 is 2.03 bits per heavy atom. The molecule has 6 nitrogen and oxygen atoms in total. The van der Waals surface area contributed by atoms with Crippen LogP contribution in [0.1, 0.15) is 55.2 Å². The lowest BCUT2D eigenvalue weighted by molar-refractivity contribution is -0.134. The van der Waals surface area contributed by atoms with Crippen LogP contribution in [0.2, 0.25) is 0 Å². The van der Waals surface area contributed by atoms with Crippen molar-refractivity contribution in [2.45, 2.75) is 52.0 Å². The number of fused-ring (bicyclic) bond motifs is 1. The number of rotatable bonds is 6. The van der Waals surface area contributed by atoms with Gasteiger partial charge in [0.15, 0.2) is 11.7 Å². The number of amides is 2. The Morgan fingerprint density at radius 3 is 2.69 bits per heavy atom. The first kappa shape index (κ1) is 19.9. The fraction of sp³-hybridized carbons (Fsp3) is 0.500. The summed E-state index contributed by atoms with van der Waals surface area (Å²) < 4.78 is 5.69. The number of anilines is 1. The van der Waals surface area contributed by atoms with Crippen LogP contribution < -0.4 is 10.1 Å². The van der Waals surface area contributed by atoms with Crippen LogP contribution in [-0.4, -0.2) is 34.8 Å². The number of hydrogen-bond acceptors (Lipinski definition) is 5. The first-order valence-electron chi connectivity index (χ1n) is 10.3. The van der Waals surface area contributed by atoms with Gasteiger partial charge in [-0.3, -0.25) is 9.59 Å². The lowest BCUT2D eigenvalue weighted by Crippen LogP contribution is -2.38. The van der Waals surface area contributed by atoms with Crippen molar-refractivity contribution in [3.63, 3.8) is 0 Å². The van der Waals surface area contributed by atoms with Gasteiger partial charge in [0, 0.05) is 23.8 Å². The minimum atomic E-state index is -0.0305. The van der Waals surface area contributed by atoms with Gasteiger partial charge in [0.1, 0.15) is 5.75 Å². The number of benzene rings is 1. The van der Waals surface area contributed by atoms with E-state index in [1.807, 2.05) is 24.3 Å². The molecule has 2 aliphatic rings. The van der Waals surface area contributed by atoms with E-state index in [1.54, 1.807) is 4.90 Å². The number of ether oxygens (including phenoxy) is 1. The summed E-state index contributed by atoms with van der Waals surface area (Å²) in [5.74, 6) is 1.36.